The third-order valence-electron chi connectivity index (χ3n) is 3.99. The van der Waals surface area contributed by atoms with Crippen LogP contribution in [-0.2, 0) is 6.54 Å². The predicted molar refractivity (Wildman–Crippen MR) is 86.8 cm³/mol. The lowest BCUT2D eigenvalue weighted by Gasteiger charge is -2.21. The quantitative estimate of drug-likeness (QED) is 0.761. The minimum absolute atomic E-state index is 0.245. The number of nitrogens with zero attached hydrogens (tertiary/aromatic N) is 4. The van der Waals surface area contributed by atoms with E-state index in [9.17, 15) is 4.39 Å². The Morgan fingerprint density at radius 3 is 2.78 bits per heavy atom. The molecule has 6 heteroatoms. The minimum atomic E-state index is -0.264. The summed E-state index contributed by atoms with van der Waals surface area (Å²) in [7, 11) is 0. The third-order valence-corrected chi connectivity index (χ3v) is 3.99. The van der Waals surface area contributed by atoms with Crippen LogP contribution in [0.1, 0.15) is 25.6 Å². The van der Waals surface area contributed by atoms with Crippen LogP contribution < -0.4 is 5.32 Å². The zero-order valence-electron chi connectivity index (χ0n) is 13.2. The molecule has 0 amide bonds. The fraction of sp³-hybridized carbons (Fsp3) is 0.294. The van der Waals surface area contributed by atoms with E-state index in [2.05, 4.69) is 29.4 Å². The molecule has 3 rings (SSSR count). The van der Waals surface area contributed by atoms with Crippen molar-refractivity contribution in [1.82, 2.24) is 24.9 Å². The molecule has 120 valence electrons. The Kier molecular flexibility index (Phi) is 4.52. The molecule has 1 N–H and O–H groups in total. The topological polar surface area (TPSA) is 47.7 Å². The van der Waals surface area contributed by atoms with Crippen molar-refractivity contribution in [1.29, 1.82) is 0 Å². The molecule has 2 heterocycles. The van der Waals surface area contributed by atoms with Crippen molar-refractivity contribution >= 4 is 0 Å². The second-order valence-corrected chi connectivity index (χ2v) is 5.63. The fourth-order valence-electron chi connectivity index (χ4n) is 2.41. The lowest BCUT2D eigenvalue weighted by atomic mass is 10.1. The molecule has 2 aromatic heterocycles. The summed E-state index contributed by atoms with van der Waals surface area (Å²) in [6, 6.07) is 10.7. The van der Waals surface area contributed by atoms with Gasteiger partial charge in [-0.25, -0.2) is 9.07 Å². The summed E-state index contributed by atoms with van der Waals surface area (Å²) in [6.07, 6.45) is 5.58. The lowest BCUT2D eigenvalue weighted by molar-refractivity contribution is 0.363. The van der Waals surface area contributed by atoms with Gasteiger partial charge in [-0.15, -0.1) is 0 Å². The fourth-order valence-corrected chi connectivity index (χ4v) is 2.41. The van der Waals surface area contributed by atoms with Gasteiger partial charge in [-0.05, 0) is 44.2 Å². The van der Waals surface area contributed by atoms with Crippen LogP contribution in [-0.4, -0.2) is 25.6 Å². The Bertz CT molecular complexity index is 750. The second kappa shape index (κ2) is 6.75. The van der Waals surface area contributed by atoms with E-state index in [1.54, 1.807) is 16.9 Å². The SMILES string of the molecule is C[C@H](NCc1ccn(-c2cccc(F)c2)n1)[C@H](C)n1cccn1. The highest BCUT2D eigenvalue weighted by atomic mass is 19.1. The number of hydrogen-bond donors (Lipinski definition) is 1. The molecule has 0 bridgehead atoms. The monoisotopic (exact) mass is 313 g/mol. The maximum absolute atomic E-state index is 13.3. The van der Waals surface area contributed by atoms with Crippen molar-refractivity contribution in [2.75, 3.05) is 0 Å². The van der Waals surface area contributed by atoms with Gasteiger partial charge in [0.15, 0.2) is 0 Å². The Labute approximate surface area is 134 Å². The molecule has 0 radical (unpaired) electrons. The number of aromatic nitrogens is 4. The molecule has 0 aliphatic rings. The van der Waals surface area contributed by atoms with Gasteiger partial charge in [0.2, 0.25) is 0 Å². The van der Waals surface area contributed by atoms with Crippen LogP contribution in [0.5, 0.6) is 0 Å². The van der Waals surface area contributed by atoms with Gasteiger partial charge in [0, 0.05) is 31.2 Å². The molecule has 1 aromatic carbocycles. The van der Waals surface area contributed by atoms with Crippen LogP contribution in [0.25, 0.3) is 5.69 Å². The van der Waals surface area contributed by atoms with Gasteiger partial charge in [0.25, 0.3) is 0 Å². The van der Waals surface area contributed by atoms with Crippen LogP contribution in [0, 0.1) is 5.82 Å². The average Bonchev–Trinajstić information content (AvgIpc) is 3.23. The van der Waals surface area contributed by atoms with Crippen LogP contribution in [0.2, 0.25) is 0 Å². The van der Waals surface area contributed by atoms with Crippen molar-refractivity contribution in [2.24, 2.45) is 0 Å². The number of hydrogen-bond acceptors (Lipinski definition) is 3. The summed E-state index contributed by atoms with van der Waals surface area (Å²) >= 11 is 0. The lowest BCUT2D eigenvalue weighted by Crippen LogP contribution is -2.33. The van der Waals surface area contributed by atoms with Gasteiger partial charge in [0.1, 0.15) is 5.82 Å². The van der Waals surface area contributed by atoms with Crippen molar-refractivity contribution in [2.45, 2.75) is 32.5 Å². The maximum atomic E-state index is 13.3. The van der Waals surface area contributed by atoms with E-state index < -0.39 is 0 Å². The zero-order valence-corrected chi connectivity index (χ0v) is 13.2. The first-order valence-corrected chi connectivity index (χ1v) is 7.66. The molecular weight excluding hydrogens is 293 g/mol. The summed E-state index contributed by atoms with van der Waals surface area (Å²) in [5.41, 5.74) is 1.63. The minimum Gasteiger partial charge on any atom is -0.306 e. The van der Waals surface area contributed by atoms with Crippen molar-refractivity contribution in [3.63, 3.8) is 0 Å². The Morgan fingerprint density at radius 2 is 2.04 bits per heavy atom. The predicted octanol–water partition coefficient (Wildman–Crippen LogP) is 2.95. The zero-order chi connectivity index (χ0) is 16.2. The molecule has 0 fully saturated rings. The van der Waals surface area contributed by atoms with E-state index in [1.807, 2.05) is 35.3 Å². The summed E-state index contributed by atoms with van der Waals surface area (Å²) in [6.45, 7) is 4.89. The summed E-state index contributed by atoms with van der Waals surface area (Å²) in [5, 5.41) is 12.2. The van der Waals surface area contributed by atoms with Gasteiger partial charge in [0.05, 0.1) is 17.4 Å². The Morgan fingerprint density at radius 1 is 1.17 bits per heavy atom. The molecular formula is C17H20FN5. The Hall–Kier alpha value is -2.47. The molecule has 0 unspecified atom stereocenters. The Balaban J connectivity index is 1.61. The molecule has 0 aliphatic carbocycles. The summed E-state index contributed by atoms with van der Waals surface area (Å²) in [5.74, 6) is -0.264. The first kappa shape index (κ1) is 15.4. The maximum Gasteiger partial charge on any atom is 0.125 e. The van der Waals surface area contributed by atoms with Crippen molar-refractivity contribution in [3.8, 4) is 5.69 Å². The normalized spacial score (nSPS) is 13.9. The molecule has 0 saturated heterocycles. The van der Waals surface area contributed by atoms with Gasteiger partial charge in [-0.2, -0.15) is 10.2 Å². The smallest absolute Gasteiger partial charge is 0.125 e. The van der Waals surface area contributed by atoms with Gasteiger partial charge in [-0.3, -0.25) is 4.68 Å². The van der Waals surface area contributed by atoms with E-state index in [0.29, 0.717) is 12.2 Å². The number of rotatable bonds is 6. The molecule has 0 saturated carbocycles. The van der Waals surface area contributed by atoms with E-state index in [1.165, 1.54) is 12.1 Å². The van der Waals surface area contributed by atoms with Crippen LogP contribution in [0.15, 0.2) is 55.0 Å². The molecule has 3 aromatic rings. The number of benzene rings is 1. The molecule has 0 spiro atoms. The molecule has 23 heavy (non-hydrogen) atoms. The van der Waals surface area contributed by atoms with Crippen molar-refractivity contribution in [3.05, 3.63) is 66.5 Å². The largest absolute Gasteiger partial charge is 0.306 e. The second-order valence-electron chi connectivity index (χ2n) is 5.63. The van der Waals surface area contributed by atoms with E-state index in [-0.39, 0.29) is 17.9 Å². The number of nitrogens with one attached hydrogen (secondary N) is 1. The van der Waals surface area contributed by atoms with Gasteiger partial charge in [-0.1, -0.05) is 6.07 Å². The molecule has 5 nitrogen and oxygen atoms in total. The van der Waals surface area contributed by atoms with Crippen LogP contribution >= 0.6 is 0 Å². The highest BCUT2D eigenvalue weighted by Gasteiger charge is 2.14. The number of halogens is 1. The highest BCUT2D eigenvalue weighted by molar-refractivity contribution is 5.31. The van der Waals surface area contributed by atoms with E-state index in [4.69, 9.17) is 0 Å². The third kappa shape index (κ3) is 3.65. The van der Waals surface area contributed by atoms with Crippen molar-refractivity contribution < 1.29 is 4.39 Å². The summed E-state index contributed by atoms with van der Waals surface area (Å²) in [4.78, 5) is 0. The summed E-state index contributed by atoms with van der Waals surface area (Å²) < 4.78 is 16.9. The first-order chi connectivity index (χ1) is 11.1. The van der Waals surface area contributed by atoms with Gasteiger partial charge >= 0.3 is 0 Å². The first-order valence-electron chi connectivity index (χ1n) is 7.66. The van der Waals surface area contributed by atoms with E-state index in [0.717, 1.165) is 5.69 Å². The molecule has 0 aliphatic heterocycles. The standard InChI is InChI=1S/C17H20FN5/c1-13(14(2)22-9-4-8-20-22)19-12-16-7-10-23(21-16)17-6-3-5-15(18)11-17/h3-11,13-14,19H,12H2,1-2H3/t13-,14-/m0/s1. The van der Waals surface area contributed by atoms with Crippen LogP contribution in [0.3, 0.4) is 0 Å². The highest BCUT2D eigenvalue weighted by Crippen LogP contribution is 2.11. The average molecular weight is 313 g/mol. The van der Waals surface area contributed by atoms with Crippen LogP contribution in [0.4, 0.5) is 4.39 Å². The van der Waals surface area contributed by atoms with E-state index >= 15 is 0 Å². The molecule has 2 atom stereocenters. The van der Waals surface area contributed by atoms with Gasteiger partial charge < -0.3 is 5.32 Å².